The van der Waals surface area contributed by atoms with Gasteiger partial charge in [-0.05, 0) is 31.6 Å². The van der Waals surface area contributed by atoms with E-state index in [4.69, 9.17) is 9.47 Å². The minimum atomic E-state index is -1.16. The average molecular weight is 261 g/mol. The second-order valence-corrected chi connectivity index (χ2v) is 4.26. The van der Waals surface area contributed by atoms with Crippen molar-refractivity contribution in [1.82, 2.24) is 0 Å². The number of esters is 1. The van der Waals surface area contributed by atoms with E-state index in [1.54, 1.807) is 6.08 Å². The molecule has 0 fully saturated rings. The summed E-state index contributed by atoms with van der Waals surface area (Å²) in [5, 5.41) is 0. The maximum atomic E-state index is 12.2. The first-order valence-corrected chi connectivity index (χ1v) is 6.47. The molecule has 0 aliphatic carbocycles. The number of nitrogens with zero attached hydrogens (tertiary/aromatic N) is 1. The van der Waals surface area contributed by atoms with Gasteiger partial charge < -0.3 is 14.4 Å². The zero-order valence-corrected chi connectivity index (χ0v) is 11.6. The maximum absolute atomic E-state index is 12.2. The molecule has 2 rings (SSSR count). The van der Waals surface area contributed by atoms with Crippen molar-refractivity contribution in [2.75, 3.05) is 25.2 Å². The molecule has 0 aromatic heterocycles. The quantitative estimate of drug-likeness (QED) is 0.780. The maximum Gasteiger partial charge on any atom is 0.364 e. The van der Waals surface area contributed by atoms with Crippen LogP contribution < -0.4 is 4.90 Å². The second kappa shape index (κ2) is 5.45. The first-order chi connectivity index (χ1) is 9.19. The minimum absolute atomic E-state index is 0.401. The lowest BCUT2D eigenvalue weighted by Gasteiger charge is -2.42. The van der Waals surface area contributed by atoms with E-state index in [0.717, 1.165) is 11.3 Å². The average Bonchev–Trinajstić information content (AvgIpc) is 2.46. The largest absolute Gasteiger partial charge is 0.465 e. The van der Waals surface area contributed by atoms with E-state index in [2.05, 4.69) is 0 Å². The molecular weight excluding hydrogens is 242 g/mol. The Labute approximate surface area is 113 Å². The van der Waals surface area contributed by atoms with Crippen molar-refractivity contribution in [2.24, 2.45) is 0 Å². The molecule has 19 heavy (non-hydrogen) atoms. The van der Waals surface area contributed by atoms with Crippen LogP contribution in [0.15, 0.2) is 30.3 Å². The molecule has 0 amide bonds. The highest BCUT2D eigenvalue weighted by atomic mass is 16.6. The zero-order chi connectivity index (χ0) is 13.9. The fourth-order valence-electron chi connectivity index (χ4n) is 2.48. The van der Waals surface area contributed by atoms with Crippen molar-refractivity contribution in [3.63, 3.8) is 0 Å². The second-order valence-electron chi connectivity index (χ2n) is 4.26. The number of anilines is 1. The number of carbonyl (C=O) groups is 1. The summed E-state index contributed by atoms with van der Waals surface area (Å²) < 4.78 is 10.7. The predicted octanol–water partition coefficient (Wildman–Crippen LogP) is 2.45. The smallest absolute Gasteiger partial charge is 0.364 e. The molecule has 0 radical (unpaired) electrons. The Morgan fingerprint density at radius 3 is 2.68 bits per heavy atom. The normalized spacial score (nSPS) is 21.1. The molecule has 0 saturated heterocycles. The lowest BCUT2D eigenvalue weighted by molar-refractivity contribution is -0.162. The number of benzene rings is 1. The molecule has 1 atom stereocenters. The molecule has 1 unspecified atom stereocenters. The number of rotatable bonds is 4. The van der Waals surface area contributed by atoms with Gasteiger partial charge in [-0.25, -0.2) is 4.79 Å². The van der Waals surface area contributed by atoms with Crippen molar-refractivity contribution in [2.45, 2.75) is 19.6 Å². The van der Waals surface area contributed by atoms with Gasteiger partial charge in [0.2, 0.25) is 0 Å². The van der Waals surface area contributed by atoms with Crippen LogP contribution in [0.2, 0.25) is 0 Å². The Balaban J connectivity index is 2.54. The van der Waals surface area contributed by atoms with E-state index in [9.17, 15) is 4.79 Å². The minimum Gasteiger partial charge on any atom is -0.465 e. The van der Waals surface area contributed by atoms with Crippen LogP contribution >= 0.6 is 0 Å². The number of para-hydroxylation sites is 1. The van der Waals surface area contributed by atoms with Gasteiger partial charge in [-0.2, -0.15) is 0 Å². The third kappa shape index (κ3) is 2.12. The first kappa shape index (κ1) is 13.6. The van der Waals surface area contributed by atoms with Gasteiger partial charge in [0.25, 0.3) is 5.72 Å². The van der Waals surface area contributed by atoms with Gasteiger partial charge in [-0.15, -0.1) is 0 Å². The molecule has 1 aliphatic rings. The summed E-state index contributed by atoms with van der Waals surface area (Å²) in [4.78, 5) is 14.1. The van der Waals surface area contributed by atoms with Gasteiger partial charge in [0.1, 0.15) is 0 Å². The summed E-state index contributed by atoms with van der Waals surface area (Å²) in [7, 11) is 1.38. The third-order valence-electron chi connectivity index (χ3n) is 3.28. The summed E-state index contributed by atoms with van der Waals surface area (Å²) >= 11 is 0. The summed E-state index contributed by atoms with van der Waals surface area (Å²) in [6, 6.07) is 7.93. The van der Waals surface area contributed by atoms with Crippen LogP contribution in [-0.2, 0) is 14.3 Å². The van der Waals surface area contributed by atoms with Crippen LogP contribution in [0.5, 0.6) is 0 Å². The predicted molar refractivity (Wildman–Crippen MR) is 74.9 cm³/mol. The summed E-state index contributed by atoms with van der Waals surface area (Å²) in [5.41, 5.74) is 0.891. The SMILES string of the molecule is CCOC1(C(=O)OC)C=Cc2ccccc2N1CC. The standard InChI is InChI=1S/C15H19NO3/c1-4-16-13-9-7-6-8-12(13)10-11-15(16,19-5-2)14(17)18-3/h6-11H,4-5H2,1-3H3. The molecule has 0 saturated carbocycles. The van der Waals surface area contributed by atoms with E-state index in [-0.39, 0.29) is 0 Å². The number of carbonyl (C=O) groups excluding carboxylic acids is 1. The van der Waals surface area contributed by atoms with Crippen LogP contribution in [0.25, 0.3) is 6.08 Å². The van der Waals surface area contributed by atoms with Crippen LogP contribution in [-0.4, -0.2) is 32.0 Å². The number of methoxy groups -OCH3 is 1. The summed E-state index contributed by atoms with van der Waals surface area (Å²) in [5.74, 6) is -0.401. The summed E-state index contributed by atoms with van der Waals surface area (Å²) in [6.07, 6.45) is 3.68. The van der Waals surface area contributed by atoms with Crippen LogP contribution in [0.3, 0.4) is 0 Å². The van der Waals surface area contributed by atoms with Gasteiger partial charge >= 0.3 is 5.97 Å². The highest BCUT2D eigenvalue weighted by Crippen LogP contribution is 2.36. The molecule has 0 bridgehead atoms. The fraction of sp³-hybridized carbons (Fsp3) is 0.400. The highest BCUT2D eigenvalue weighted by molar-refractivity contribution is 5.91. The number of likely N-dealkylation sites (N-methyl/N-ethyl adjacent to an activating group) is 1. The Morgan fingerprint density at radius 1 is 1.32 bits per heavy atom. The van der Waals surface area contributed by atoms with Gasteiger partial charge in [0, 0.05) is 18.8 Å². The monoisotopic (exact) mass is 261 g/mol. The van der Waals surface area contributed by atoms with E-state index < -0.39 is 11.7 Å². The van der Waals surface area contributed by atoms with Crippen molar-refractivity contribution >= 4 is 17.7 Å². The molecule has 0 spiro atoms. The van der Waals surface area contributed by atoms with Gasteiger partial charge in [-0.3, -0.25) is 0 Å². The molecule has 4 nitrogen and oxygen atoms in total. The Kier molecular flexibility index (Phi) is 3.90. The van der Waals surface area contributed by atoms with Crippen molar-refractivity contribution < 1.29 is 14.3 Å². The van der Waals surface area contributed by atoms with E-state index in [1.807, 2.05) is 49.1 Å². The number of fused-ring (bicyclic) bond motifs is 1. The number of hydrogen-bond donors (Lipinski definition) is 0. The van der Waals surface area contributed by atoms with Crippen LogP contribution in [0.1, 0.15) is 19.4 Å². The van der Waals surface area contributed by atoms with E-state index in [0.29, 0.717) is 13.2 Å². The van der Waals surface area contributed by atoms with Gasteiger partial charge in [-0.1, -0.05) is 24.3 Å². The molecular formula is C15H19NO3. The fourth-order valence-corrected chi connectivity index (χ4v) is 2.48. The molecule has 1 heterocycles. The Hall–Kier alpha value is -1.81. The highest BCUT2D eigenvalue weighted by Gasteiger charge is 2.46. The van der Waals surface area contributed by atoms with Crippen LogP contribution in [0, 0.1) is 0 Å². The molecule has 1 aromatic carbocycles. The number of hydrogen-bond acceptors (Lipinski definition) is 4. The van der Waals surface area contributed by atoms with Crippen molar-refractivity contribution in [3.8, 4) is 0 Å². The number of ether oxygens (including phenoxy) is 2. The topological polar surface area (TPSA) is 38.8 Å². The first-order valence-electron chi connectivity index (χ1n) is 6.47. The van der Waals surface area contributed by atoms with Crippen molar-refractivity contribution in [3.05, 3.63) is 35.9 Å². The lowest BCUT2D eigenvalue weighted by Crippen LogP contribution is -2.57. The van der Waals surface area contributed by atoms with Crippen LogP contribution in [0.4, 0.5) is 5.69 Å². The molecule has 0 N–H and O–H groups in total. The Bertz CT molecular complexity index is 498. The van der Waals surface area contributed by atoms with E-state index in [1.165, 1.54) is 7.11 Å². The van der Waals surface area contributed by atoms with Gasteiger partial charge in [0.05, 0.1) is 7.11 Å². The zero-order valence-electron chi connectivity index (χ0n) is 11.6. The molecule has 1 aliphatic heterocycles. The lowest BCUT2D eigenvalue weighted by atomic mass is 10.00. The van der Waals surface area contributed by atoms with Crippen molar-refractivity contribution in [1.29, 1.82) is 0 Å². The molecule has 102 valence electrons. The summed E-state index contributed by atoms with van der Waals surface area (Å²) in [6.45, 7) is 4.94. The molecule has 4 heteroatoms. The third-order valence-corrected chi connectivity index (χ3v) is 3.28. The molecule has 1 aromatic rings. The Morgan fingerprint density at radius 2 is 2.05 bits per heavy atom. The van der Waals surface area contributed by atoms with Gasteiger partial charge in [0.15, 0.2) is 0 Å². The van der Waals surface area contributed by atoms with E-state index >= 15 is 0 Å².